The van der Waals surface area contributed by atoms with Crippen LogP contribution < -0.4 is 4.74 Å². The molecule has 2 nitrogen and oxygen atoms in total. The Hall–Kier alpha value is -0.440. The minimum Gasteiger partial charge on any atom is -0.489 e. The second-order valence-electron chi connectivity index (χ2n) is 2.95. The Morgan fingerprint density at radius 1 is 1.43 bits per heavy atom. The molecule has 1 N–H and O–H groups in total. The van der Waals surface area contributed by atoms with Gasteiger partial charge < -0.3 is 9.84 Å². The van der Waals surface area contributed by atoms with Crippen molar-refractivity contribution in [3.8, 4) is 5.75 Å². The minimum atomic E-state index is -0.457. The molecule has 0 radical (unpaired) electrons. The Morgan fingerprint density at radius 3 is 2.71 bits per heavy atom. The Balaban J connectivity index is 2.59. The van der Waals surface area contributed by atoms with Gasteiger partial charge in [-0.2, -0.15) is 0 Å². The van der Waals surface area contributed by atoms with Crippen molar-refractivity contribution in [2.45, 2.75) is 19.4 Å². The van der Waals surface area contributed by atoms with Gasteiger partial charge in [0.25, 0.3) is 0 Å². The number of aliphatic hydroxyl groups excluding tert-OH is 1. The molecule has 0 aliphatic rings. The van der Waals surface area contributed by atoms with Crippen molar-refractivity contribution in [2.75, 3.05) is 6.61 Å². The van der Waals surface area contributed by atoms with E-state index < -0.39 is 6.10 Å². The molecule has 0 aromatic heterocycles. The number of benzene rings is 1. The molecule has 14 heavy (non-hydrogen) atoms. The SMILES string of the molecule is CCC(O)COc1ccc(Cl)cc1Cl. The summed E-state index contributed by atoms with van der Waals surface area (Å²) in [6, 6.07) is 4.99. The fourth-order valence-corrected chi connectivity index (χ4v) is 1.36. The van der Waals surface area contributed by atoms with Crippen molar-refractivity contribution >= 4 is 23.2 Å². The molecule has 0 saturated heterocycles. The third kappa shape index (κ3) is 3.37. The summed E-state index contributed by atoms with van der Waals surface area (Å²) in [6.45, 7) is 2.13. The van der Waals surface area contributed by atoms with Crippen molar-refractivity contribution in [1.29, 1.82) is 0 Å². The Bertz CT molecular complexity index is 302. The van der Waals surface area contributed by atoms with Gasteiger partial charge in [-0.05, 0) is 24.6 Å². The molecule has 78 valence electrons. The van der Waals surface area contributed by atoms with Crippen LogP contribution in [0.2, 0.25) is 10.0 Å². The van der Waals surface area contributed by atoms with Gasteiger partial charge in [0.15, 0.2) is 0 Å². The van der Waals surface area contributed by atoms with Gasteiger partial charge in [-0.15, -0.1) is 0 Å². The summed E-state index contributed by atoms with van der Waals surface area (Å²) < 4.78 is 5.30. The van der Waals surface area contributed by atoms with Crippen molar-refractivity contribution in [2.24, 2.45) is 0 Å². The van der Waals surface area contributed by atoms with Gasteiger partial charge in [-0.1, -0.05) is 30.1 Å². The molecule has 0 aliphatic carbocycles. The molecule has 4 heteroatoms. The van der Waals surface area contributed by atoms with Crippen LogP contribution in [0, 0.1) is 0 Å². The van der Waals surface area contributed by atoms with Crippen molar-refractivity contribution in [3.63, 3.8) is 0 Å². The predicted molar refractivity (Wildman–Crippen MR) is 58.3 cm³/mol. The maximum absolute atomic E-state index is 9.27. The lowest BCUT2D eigenvalue weighted by Crippen LogP contribution is -2.16. The second kappa shape index (κ2) is 5.44. The first-order valence-electron chi connectivity index (χ1n) is 4.39. The Labute approximate surface area is 93.4 Å². The molecule has 1 unspecified atom stereocenters. The van der Waals surface area contributed by atoms with Gasteiger partial charge in [-0.3, -0.25) is 0 Å². The zero-order valence-corrected chi connectivity index (χ0v) is 9.35. The molecule has 0 spiro atoms. The largest absolute Gasteiger partial charge is 0.489 e. The normalized spacial score (nSPS) is 12.6. The summed E-state index contributed by atoms with van der Waals surface area (Å²) >= 11 is 11.6. The summed E-state index contributed by atoms with van der Waals surface area (Å²) in [6.07, 6.45) is 0.201. The topological polar surface area (TPSA) is 29.5 Å². The molecule has 1 aromatic rings. The molecule has 1 atom stereocenters. The highest BCUT2D eigenvalue weighted by atomic mass is 35.5. The lowest BCUT2D eigenvalue weighted by Gasteiger charge is -2.11. The highest BCUT2D eigenvalue weighted by molar-refractivity contribution is 6.35. The van der Waals surface area contributed by atoms with E-state index in [4.69, 9.17) is 27.9 Å². The van der Waals surface area contributed by atoms with Crippen molar-refractivity contribution in [3.05, 3.63) is 28.2 Å². The van der Waals surface area contributed by atoms with Gasteiger partial charge in [0.1, 0.15) is 12.4 Å². The quantitative estimate of drug-likeness (QED) is 0.868. The number of hydrogen-bond acceptors (Lipinski definition) is 2. The molecule has 0 amide bonds. The van der Waals surface area contributed by atoms with E-state index in [1.165, 1.54) is 0 Å². The Kier molecular flexibility index (Phi) is 4.52. The van der Waals surface area contributed by atoms with E-state index in [-0.39, 0.29) is 6.61 Å². The van der Waals surface area contributed by atoms with E-state index in [2.05, 4.69) is 0 Å². The van der Waals surface area contributed by atoms with E-state index in [9.17, 15) is 5.11 Å². The smallest absolute Gasteiger partial charge is 0.138 e. The van der Waals surface area contributed by atoms with Crippen molar-refractivity contribution < 1.29 is 9.84 Å². The molecule has 0 aliphatic heterocycles. The van der Waals surface area contributed by atoms with E-state index >= 15 is 0 Å². The first-order chi connectivity index (χ1) is 6.63. The maximum atomic E-state index is 9.27. The van der Waals surface area contributed by atoms with Crippen molar-refractivity contribution in [1.82, 2.24) is 0 Å². The zero-order valence-electron chi connectivity index (χ0n) is 7.84. The van der Waals surface area contributed by atoms with Crippen LogP contribution in [0.5, 0.6) is 5.75 Å². The maximum Gasteiger partial charge on any atom is 0.138 e. The summed E-state index contributed by atoms with van der Waals surface area (Å²) in [7, 11) is 0. The number of ether oxygens (including phenoxy) is 1. The van der Waals surface area contributed by atoms with Gasteiger partial charge >= 0.3 is 0 Å². The summed E-state index contributed by atoms with van der Waals surface area (Å²) in [5, 5.41) is 10.3. The van der Waals surface area contributed by atoms with Crippen LogP contribution in [0.15, 0.2) is 18.2 Å². The molecule has 0 fully saturated rings. The zero-order chi connectivity index (χ0) is 10.6. The van der Waals surface area contributed by atoms with E-state index in [1.807, 2.05) is 6.92 Å². The van der Waals surface area contributed by atoms with Crippen LogP contribution in [0.25, 0.3) is 0 Å². The first-order valence-corrected chi connectivity index (χ1v) is 5.15. The van der Waals surface area contributed by atoms with Crippen LogP contribution in [0.3, 0.4) is 0 Å². The molecular formula is C10H12Cl2O2. The van der Waals surface area contributed by atoms with Crippen LogP contribution in [-0.4, -0.2) is 17.8 Å². The molecular weight excluding hydrogens is 223 g/mol. The second-order valence-corrected chi connectivity index (χ2v) is 3.79. The monoisotopic (exact) mass is 234 g/mol. The fraction of sp³-hybridized carbons (Fsp3) is 0.400. The minimum absolute atomic E-state index is 0.248. The van der Waals surface area contributed by atoms with Gasteiger partial charge in [-0.25, -0.2) is 0 Å². The lowest BCUT2D eigenvalue weighted by molar-refractivity contribution is 0.104. The van der Waals surface area contributed by atoms with Crippen LogP contribution in [0.1, 0.15) is 13.3 Å². The molecule has 0 saturated carbocycles. The number of hydrogen-bond donors (Lipinski definition) is 1. The summed E-state index contributed by atoms with van der Waals surface area (Å²) in [5.41, 5.74) is 0. The predicted octanol–water partition coefficient (Wildman–Crippen LogP) is 3.14. The molecule has 0 bridgehead atoms. The number of rotatable bonds is 4. The van der Waals surface area contributed by atoms with Gasteiger partial charge in [0, 0.05) is 5.02 Å². The molecule has 1 rings (SSSR count). The van der Waals surface area contributed by atoms with E-state index in [0.717, 1.165) is 0 Å². The van der Waals surface area contributed by atoms with Gasteiger partial charge in [0.05, 0.1) is 11.1 Å². The first kappa shape index (κ1) is 11.6. The molecule has 0 heterocycles. The van der Waals surface area contributed by atoms with Crippen LogP contribution in [0.4, 0.5) is 0 Å². The Morgan fingerprint density at radius 2 is 2.14 bits per heavy atom. The van der Waals surface area contributed by atoms with Crippen LogP contribution >= 0.6 is 23.2 Å². The highest BCUT2D eigenvalue weighted by Gasteiger charge is 2.05. The fourth-order valence-electron chi connectivity index (χ4n) is 0.896. The van der Waals surface area contributed by atoms with E-state index in [1.54, 1.807) is 18.2 Å². The third-order valence-electron chi connectivity index (χ3n) is 1.80. The third-order valence-corrected chi connectivity index (χ3v) is 2.33. The van der Waals surface area contributed by atoms with E-state index in [0.29, 0.717) is 22.2 Å². The standard InChI is InChI=1S/C10H12Cl2O2/c1-2-8(13)6-14-10-4-3-7(11)5-9(10)12/h3-5,8,13H,2,6H2,1H3. The lowest BCUT2D eigenvalue weighted by atomic mass is 10.3. The average molecular weight is 235 g/mol. The van der Waals surface area contributed by atoms with Gasteiger partial charge in [0.2, 0.25) is 0 Å². The number of halogens is 2. The average Bonchev–Trinajstić information content (AvgIpc) is 2.16. The van der Waals surface area contributed by atoms with Crippen LogP contribution in [-0.2, 0) is 0 Å². The number of aliphatic hydroxyl groups is 1. The summed E-state index contributed by atoms with van der Waals surface area (Å²) in [4.78, 5) is 0. The molecule has 1 aromatic carbocycles. The summed E-state index contributed by atoms with van der Waals surface area (Å²) in [5.74, 6) is 0.545. The highest BCUT2D eigenvalue weighted by Crippen LogP contribution is 2.27.